The molecule has 0 radical (unpaired) electrons. The predicted molar refractivity (Wildman–Crippen MR) is 85.7 cm³/mol. The average Bonchev–Trinajstić information content (AvgIpc) is 2.83. The van der Waals surface area contributed by atoms with Crippen molar-refractivity contribution in [3.63, 3.8) is 0 Å². The Kier molecular flexibility index (Phi) is 4.44. The standard InChI is InChI=1S/C16H21BrN2O/c17-14-5-6-15-13(12-14)7-11-18(15)9-3-10-19-8-2-1-4-16(19)20/h5-7,11-12,16,20H,1-4,8-10H2. The number of halogens is 1. The third-order valence-corrected chi connectivity index (χ3v) is 4.65. The van der Waals surface area contributed by atoms with E-state index >= 15 is 0 Å². The zero-order chi connectivity index (χ0) is 13.9. The topological polar surface area (TPSA) is 28.4 Å². The largest absolute Gasteiger partial charge is 0.378 e. The van der Waals surface area contributed by atoms with Crippen LogP contribution in [0.15, 0.2) is 34.9 Å². The molecule has 108 valence electrons. The molecule has 1 aromatic carbocycles. The smallest absolute Gasteiger partial charge is 0.107 e. The van der Waals surface area contributed by atoms with Crippen LogP contribution in [0.5, 0.6) is 0 Å². The molecule has 1 aromatic heterocycles. The molecule has 1 aliphatic heterocycles. The second-order valence-corrected chi connectivity index (χ2v) is 6.49. The van der Waals surface area contributed by atoms with Gasteiger partial charge in [0.25, 0.3) is 0 Å². The molecule has 3 rings (SSSR count). The van der Waals surface area contributed by atoms with Gasteiger partial charge in [-0.3, -0.25) is 4.90 Å². The SMILES string of the molecule is OC1CCCCN1CCCn1ccc2cc(Br)ccc21. The summed E-state index contributed by atoms with van der Waals surface area (Å²) in [6.07, 6.45) is 6.33. The highest BCUT2D eigenvalue weighted by Gasteiger charge is 2.18. The molecule has 0 aliphatic carbocycles. The fourth-order valence-electron chi connectivity index (χ4n) is 3.04. The Hall–Kier alpha value is -0.840. The monoisotopic (exact) mass is 336 g/mol. The predicted octanol–water partition coefficient (Wildman–Crippen LogP) is 3.60. The molecule has 1 fully saturated rings. The number of fused-ring (bicyclic) bond motifs is 1. The first-order valence-electron chi connectivity index (χ1n) is 7.40. The summed E-state index contributed by atoms with van der Waals surface area (Å²) in [6.45, 7) is 3.03. The van der Waals surface area contributed by atoms with Crippen LogP contribution in [0.4, 0.5) is 0 Å². The summed E-state index contributed by atoms with van der Waals surface area (Å²) in [5.74, 6) is 0. The summed E-state index contributed by atoms with van der Waals surface area (Å²) in [6, 6.07) is 8.57. The Labute approximate surface area is 128 Å². The summed E-state index contributed by atoms with van der Waals surface area (Å²) in [5, 5.41) is 11.2. The lowest BCUT2D eigenvalue weighted by molar-refractivity contribution is -0.0245. The summed E-state index contributed by atoms with van der Waals surface area (Å²) in [7, 11) is 0. The van der Waals surface area contributed by atoms with Gasteiger partial charge >= 0.3 is 0 Å². The summed E-state index contributed by atoms with van der Waals surface area (Å²) in [5.41, 5.74) is 1.28. The molecule has 20 heavy (non-hydrogen) atoms. The van der Waals surface area contributed by atoms with Gasteiger partial charge in [-0.25, -0.2) is 0 Å². The molecule has 1 N–H and O–H groups in total. The number of aliphatic hydroxyl groups excluding tert-OH is 1. The van der Waals surface area contributed by atoms with Gasteiger partial charge in [-0.15, -0.1) is 0 Å². The lowest BCUT2D eigenvalue weighted by atomic mass is 10.1. The maximum Gasteiger partial charge on any atom is 0.107 e. The molecular formula is C16H21BrN2O. The molecule has 1 aliphatic rings. The quantitative estimate of drug-likeness (QED) is 0.923. The van der Waals surface area contributed by atoms with Gasteiger partial charge in [0.15, 0.2) is 0 Å². The van der Waals surface area contributed by atoms with Crippen molar-refractivity contribution in [2.45, 2.75) is 38.5 Å². The molecule has 4 heteroatoms. The molecule has 2 heterocycles. The van der Waals surface area contributed by atoms with Crippen molar-refractivity contribution in [1.82, 2.24) is 9.47 Å². The minimum absolute atomic E-state index is 0.221. The van der Waals surface area contributed by atoms with Gasteiger partial charge in [-0.05, 0) is 49.9 Å². The molecule has 2 aromatic rings. The Morgan fingerprint density at radius 1 is 1.20 bits per heavy atom. The van der Waals surface area contributed by atoms with Crippen LogP contribution in [-0.2, 0) is 6.54 Å². The molecule has 3 nitrogen and oxygen atoms in total. The Balaban J connectivity index is 1.59. The van der Waals surface area contributed by atoms with Crippen molar-refractivity contribution >= 4 is 26.8 Å². The Morgan fingerprint density at radius 3 is 2.95 bits per heavy atom. The van der Waals surface area contributed by atoms with Crippen LogP contribution in [-0.4, -0.2) is 33.9 Å². The molecule has 1 atom stereocenters. The highest BCUT2D eigenvalue weighted by atomic mass is 79.9. The van der Waals surface area contributed by atoms with Crippen LogP contribution >= 0.6 is 15.9 Å². The molecule has 1 unspecified atom stereocenters. The van der Waals surface area contributed by atoms with Gasteiger partial charge in [-0.1, -0.05) is 15.9 Å². The third-order valence-electron chi connectivity index (χ3n) is 4.16. The lowest BCUT2D eigenvalue weighted by Crippen LogP contribution is -2.40. The van der Waals surface area contributed by atoms with Crippen LogP contribution in [0.3, 0.4) is 0 Å². The first kappa shape index (κ1) is 14.1. The molecule has 1 saturated heterocycles. The first-order valence-corrected chi connectivity index (χ1v) is 8.20. The third kappa shape index (κ3) is 3.08. The number of hydrogen-bond acceptors (Lipinski definition) is 2. The van der Waals surface area contributed by atoms with Crippen molar-refractivity contribution < 1.29 is 5.11 Å². The maximum atomic E-state index is 9.94. The Bertz CT molecular complexity index is 581. The van der Waals surface area contributed by atoms with Crippen LogP contribution < -0.4 is 0 Å². The van der Waals surface area contributed by atoms with Crippen LogP contribution in [0.1, 0.15) is 25.7 Å². The number of likely N-dealkylation sites (tertiary alicyclic amines) is 1. The molecule has 0 saturated carbocycles. The minimum atomic E-state index is -0.221. The second-order valence-electron chi connectivity index (χ2n) is 5.58. The zero-order valence-corrected chi connectivity index (χ0v) is 13.2. The van der Waals surface area contributed by atoms with Gasteiger partial charge in [0.05, 0.1) is 0 Å². The summed E-state index contributed by atoms with van der Waals surface area (Å²) >= 11 is 3.51. The van der Waals surface area contributed by atoms with Crippen molar-refractivity contribution in [3.05, 3.63) is 34.9 Å². The van der Waals surface area contributed by atoms with Crippen LogP contribution in [0, 0.1) is 0 Å². The summed E-state index contributed by atoms with van der Waals surface area (Å²) < 4.78 is 3.43. The van der Waals surface area contributed by atoms with Gasteiger partial charge in [0.2, 0.25) is 0 Å². The van der Waals surface area contributed by atoms with Crippen molar-refractivity contribution in [3.8, 4) is 0 Å². The van der Waals surface area contributed by atoms with Crippen LogP contribution in [0.25, 0.3) is 10.9 Å². The maximum absolute atomic E-state index is 9.94. The van der Waals surface area contributed by atoms with Crippen molar-refractivity contribution in [2.75, 3.05) is 13.1 Å². The number of aryl methyl sites for hydroxylation is 1. The van der Waals surface area contributed by atoms with E-state index in [-0.39, 0.29) is 6.23 Å². The van der Waals surface area contributed by atoms with E-state index in [1.54, 1.807) is 0 Å². The van der Waals surface area contributed by atoms with E-state index in [0.29, 0.717) is 0 Å². The van der Waals surface area contributed by atoms with E-state index in [1.165, 1.54) is 17.3 Å². The number of rotatable bonds is 4. The van der Waals surface area contributed by atoms with E-state index in [1.807, 2.05) is 0 Å². The van der Waals surface area contributed by atoms with Gasteiger partial charge in [0.1, 0.15) is 6.23 Å². The molecule has 0 spiro atoms. The van der Waals surface area contributed by atoms with E-state index in [4.69, 9.17) is 0 Å². The van der Waals surface area contributed by atoms with Gasteiger partial charge in [0, 0.05) is 41.2 Å². The normalized spacial score (nSPS) is 20.6. The van der Waals surface area contributed by atoms with Gasteiger partial charge in [-0.2, -0.15) is 0 Å². The number of aliphatic hydroxyl groups is 1. The highest BCUT2D eigenvalue weighted by molar-refractivity contribution is 9.10. The molecule has 0 amide bonds. The van der Waals surface area contributed by atoms with E-state index < -0.39 is 0 Å². The zero-order valence-electron chi connectivity index (χ0n) is 11.6. The van der Waals surface area contributed by atoms with E-state index in [0.717, 1.165) is 43.4 Å². The number of aromatic nitrogens is 1. The number of nitrogens with zero attached hydrogens (tertiary/aromatic N) is 2. The number of benzene rings is 1. The molecular weight excluding hydrogens is 316 g/mol. The fraction of sp³-hybridized carbons (Fsp3) is 0.500. The van der Waals surface area contributed by atoms with E-state index in [2.05, 4.69) is 55.9 Å². The molecule has 0 bridgehead atoms. The first-order chi connectivity index (χ1) is 9.74. The van der Waals surface area contributed by atoms with Crippen LogP contribution in [0.2, 0.25) is 0 Å². The summed E-state index contributed by atoms with van der Waals surface area (Å²) in [4.78, 5) is 2.21. The second kappa shape index (κ2) is 6.29. The average molecular weight is 337 g/mol. The van der Waals surface area contributed by atoms with Gasteiger partial charge < -0.3 is 9.67 Å². The number of piperidine rings is 1. The fourth-order valence-corrected chi connectivity index (χ4v) is 3.42. The number of hydrogen-bond donors (Lipinski definition) is 1. The lowest BCUT2D eigenvalue weighted by Gasteiger charge is -2.31. The van der Waals surface area contributed by atoms with Crippen molar-refractivity contribution in [1.29, 1.82) is 0 Å². The highest BCUT2D eigenvalue weighted by Crippen LogP contribution is 2.21. The van der Waals surface area contributed by atoms with Crippen molar-refractivity contribution in [2.24, 2.45) is 0 Å². The minimum Gasteiger partial charge on any atom is -0.378 e. The Morgan fingerprint density at radius 2 is 2.10 bits per heavy atom. The van der Waals surface area contributed by atoms with E-state index in [9.17, 15) is 5.11 Å².